The lowest BCUT2D eigenvalue weighted by Gasteiger charge is -2.25. The topological polar surface area (TPSA) is 59.8 Å². The van der Waals surface area contributed by atoms with Gasteiger partial charge in [0, 0.05) is 19.6 Å². The van der Waals surface area contributed by atoms with Gasteiger partial charge in [0.25, 0.3) is 0 Å². The lowest BCUT2D eigenvalue weighted by atomic mass is 10.1. The van der Waals surface area contributed by atoms with Crippen LogP contribution >= 0.6 is 0 Å². The Bertz CT molecular complexity index is 1010. The molecule has 4 rings (SSSR count). The van der Waals surface area contributed by atoms with Crippen molar-refractivity contribution in [2.45, 2.75) is 52.2 Å². The smallest absolute Gasteiger partial charge is 0.227 e. The first-order valence-electron chi connectivity index (χ1n) is 11.9. The highest BCUT2D eigenvalue weighted by Crippen LogP contribution is 2.34. The van der Waals surface area contributed by atoms with Crippen LogP contribution in [0.4, 0.5) is 0 Å². The van der Waals surface area contributed by atoms with Crippen LogP contribution in [0, 0.1) is 12.8 Å². The van der Waals surface area contributed by atoms with Crippen LogP contribution in [0.5, 0.6) is 17.4 Å². The van der Waals surface area contributed by atoms with Gasteiger partial charge in [0.15, 0.2) is 0 Å². The largest absolute Gasteiger partial charge is 0.497 e. The van der Waals surface area contributed by atoms with E-state index >= 15 is 0 Å². The van der Waals surface area contributed by atoms with Gasteiger partial charge in [-0.05, 0) is 68.5 Å². The normalized spacial score (nSPS) is 14.5. The SMILES string of the molecule is CCCC(O)CN(Cc1c(C)nn(-c2ccccc2)c1Oc1ccc(OC)cc1)CC1CC1. The van der Waals surface area contributed by atoms with Gasteiger partial charge < -0.3 is 14.6 Å². The van der Waals surface area contributed by atoms with Gasteiger partial charge in [-0.1, -0.05) is 31.5 Å². The summed E-state index contributed by atoms with van der Waals surface area (Å²) in [7, 11) is 1.66. The number of ether oxygens (including phenoxy) is 2. The number of hydrogen-bond donors (Lipinski definition) is 1. The van der Waals surface area contributed by atoms with Gasteiger partial charge in [0.2, 0.25) is 5.88 Å². The van der Waals surface area contributed by atoms with Gasteiger partial charge in [-0.3, -0.25) is 4.90 Å². The quantitative estimate of drug-likeness (QED) is 0.404. The van der Waals surface area contributed by atoms with Crippen LogP contribution in [0.1, 0.15) is 43.9 Å². The Labute approximate surface area is 196 Å². The van der Waals surface area contributed by atoms with Crippen molar-refractivity contribution in [2.24, 2.45) is 5.92 Å². The number of aliphatic hydroxyl groups is 1. The van der Waals surface area contributed by atoms with Crippen molar-refractivity contribution in [3.05, 3.63) is 65.9 Å². The fraction of sp³-hybridized carbons (Fsp3) is 0.444. The Balaban J connectivity index is 1.66. The van der Waals surface area contributed by atoms with E-state index in [0.717, 1.165) is 59.6 Å². The highest BCUT2D eigenvalue weighted by Gasteiger charge is 2.28. The maximum Gasteiger partial charge on any atom is 0.227 e. The molecule has 1 unspecified atom stereocenters. The molecule has 6 heteroatoms. The minimum Gasteiger partial charge on any atom is -0.497 e. The molecular weight excluding hydrogens is 414 g/mol. The molecule has 6 nitrogen and oxygen atoms in total. The fourth-order valence-corrected chi connectivity index (χ4v) is 4.14. The third-order valence-electron chi connectivity index (χ3n) is 6.10. The zero-order valence-corrected chi connectivity index (χ0v) is 19.9. The molecule has 0 aliphatic heterocycles. The molecule has 0 radical (unpaired) electrons. The van der Waals surface area contributed by atoms with E-state index in [9.17, 15) is 5.11 Å². The zero-order chi connectivity index (χ0) is 23.2. The Morgan fingerprint density at radius 3 is 2.42 bits per heavy atom. The van der Waals surface area contributed by atoms with Crippen LogP contribution in [0.15, 0.2) is 54.6 Å². The number of hydrogen-bond acceptors (Lipinski definition) is 5. The van der Waals surface area contributed by atoms with Crippen LogP contribution in [0.3, 0.4) is 0 Å². The van der Waals surface area contributed by atoms with E-state index in [4.69, 9.17) is 14.6 Å². The molecule has 33 heavy (non-hydrogen) atoms. The first kappa shape index (κ1) is 23.3. The summed E-state index contributed by atoms with van der Waals surface area (Å²) in [5.41, 5.74) is 2.95. The van der Waals surface area contributed by atoms with Crippen LogP contribution < -0.4 is 9.47 Å². The second-order valence-corrected chi connectivity index (χ2v) is 8.97. The minimum atomic E-state index is -0.316. The molecule has 1 aliphatic rings. The van der Waals surface area contributed by atoms with Crippen molar-refractivity contribution in [3.63, 3.8) is 0 Å². The molecule has 3 aromatic rings. The number of aromatic nitrogens is 2. The van der Waals surface area contributed by atoms with Crippen molar-refractivity contribution in [3.8, 4) is 23.1 Å². The maximum absolute atomic E-state index is 10.5. The van der Waals surface area contributed by atoms with Gasteiger partial charge in [-0.15, -0.1) is 0 Å². The van der Waals surface area contributed by atoms with E-state index in [0.29, 0.717) is 13.1 Å². The van der Waals surface area contributed by atoms with Gasteiger partial charge >= 0.3 is 0 Å². The van der Waals surface area contributed by atoms with Crippen molar-refractivity contribution in [2.75, 3.05) is 20.2 Å². The van der Waals surface area contributed by atoms with Crippen LogP contribution in [0.25, 0.3) is 5.69 Å². The van der Waals surface area contributed by atoms with Crippen molar-refractivity contribution < 1.29 is 14.6 Å². The molecule has 1 fully saturated rings. The second kappa shape index (κ2) is 10.9. The average Bonchev–Trinajstić information content (AvgIpc) is 3.59. The fourth-order valence-electron chi connectivity index (χ4n) is 4.14. The summed E-state index contributed by atoms with van der Waals surface area (Å²) >= 11 is 0. The standard InChI is InChI=1S/C27H35N3O3/c1-4-8-23(31)18-29(17-21-11-12-21)19-26-20(2)28-30(22-9-6-5-7-10-22)27(26)33-25-15-13-24(32-3)14-16-25/h5-7,9-10,13-16,21,23,31H,4,8,11-12,17-19H2,1-3H3. The molecule has 0 spiro atoms. The van der Waals surface area contributed by atoms with E-state index in [1.807, 2.05) is 66.2 Å². The highest BCUT2D eigenvalue weighted by atomic mass is 16.5. The number of aryl methyl sites for hydroxylation is 1. The predicted molar refractivity (Wildman–Crippen MR) is 130 cm³/mol. The molecule has 2 aromatic carbocycles. The summed E-state index contributed by atoms with van der Waals surface area (Å²) in [4.78, 5) is 2.37. The molecule has 1 N–H and O–H groups in total. The number of rotatable bonds is 12. The molecule has 0 amide bonds. The number of aliphatic hydroxyl groups excluding tert-OH is 1. The minimum absolute atomic E-state index is 0.316. The summed E-state index contributed by atoms with van der Waals surface area (Å²) in [5, 5.41) is 15.4. The Morgan fingerprint density at radius 1 is 1.09 bits per heavy atom. The lowest BCUT2D eigenvalue weighted by molar-refractivity contribution is 0.0977. The Morgan fingerprint density at radius 2 is 1.79 bits per heavy atom. The summed E-state index contributed by atoms with van der Waals surface area (Å²) in [6.45, 7) is 6.51. The third kappa shape index (κ3) is 6.15. The van der Waals surface area contributed by atoms with E-state index in [-0.39, 0.29) is 6.10 Å². The molecule has 1 aliphatic carbocycles. The van der Waals surface area contributed by atoms with Gasteiger partial charge in [0.1, 0.15) is 11.5 Å². The number of nitrogens with zero attached hydrogens (tertiary/aromatic N) is 3. The molecule has 176 valence electrons. The summed E-state index contributed by atoms with van der Waals surface area (Å²) in [6, 6.07) is 17.7. The zero-order valence-electron chi connectivity index (χ0n) is 19.9. The Kier molecular flexibility index (Phi) is 7.68. The van der Waals surface area contributed by atoms with Gasteiger partial charge in [-0.25, -0.2) is 4.68 Å². The van der Waals surface area contributed by atoms with E-state index < -0.39 is 0 Å². The Hall–Kier alpha value is -2.83. The monoisotopic (exact) mass is 449 g/mol. The highest BCUT2D eigenvalue weighted by molar-refractivity contribution is 5.44. The number of para-hydroxylation sites is 1. The first-order chi connectivity index (χ1) is 16.1. The molecule has 0 bridgehead atoms. The van der Waals surface area contributed by atoms with Gasteiger partial charge in [-0.2, -0.15) is 5.10 Å². The summed E-state index contributed by atoms with van der Waals surface area (Å²) in [6.07, 6.45) is 4.04. The van der Waals surface area contributed by atoms with Crippen LogP contribution in [-0.4, -0.2) is 46.1 Å². The predicted octanol–water partition coefficient (Wildman–Crippen LogP) is 5.35. The van der Waals surface area contributed by atoms with Crippen molar-refractivity contribution in [1.29, 1.82) is 0 Å². The average molecular weight is 450 g/mol. The molecular formula is C27H35N3O3. The maximum atomic E-state index is 10.5. The molecule has 1 atom stereocenters. The van der Waals surface area contributed by atoms with E-state index in [2.05, 4.69) is 11.8 Å². The van der Waals surface area contributed by atoms with Crippen molar-refractivity contribution >= 4 is 0 Å². The molecule has 1 heterocycles. The van der Waals surface area contributed by atoms with Crippen LogP contribution in [0.2, 0.25) is 0 Å². The second-order valence-electron chi connectivity index (χ2n) is 8.97. The molecule has 1 saturated carbocycles. The summed E-state index contributed by atoms with van der Waals surface area (Å²) < 4.78 is 13.6. The number of methoxy groups -OCH3 is 1. The summed E-state index contributed by atoms with van der Waals surface area (Å²) in [5.74, 6) is 2.97. The van der Waals surface area contributed by atoms with Crippen LogP contribution in [-0.2, 0) is 6.54 Å². The first-order valence-corrected chi connectivity index (χ1v) is 11.9. The number of benzene rings is 2. The van der Waals surface area contributed by atoms with Crippen molar-refractivity contribution in [1.82, 2.24) is 14.7 Å². The van der Waals surface area contributed by atoms with Gasteiger partial charge in [0.05, 0.1) is 30.2 Å². The lowest BCUT2D eigenvalue weighted by Crippen LogP contribution is -2.33. The van der Waals surface area contributed by atoms with E-state index in [1.165, 1.54) is 12.8 Å². The molecule has 1 aromatic heterocycles. The third-order valence-corrected chi connectivity index (χ3v) is 6.10. The van der Waals surface area contributed by atoms with E-state index in [1.54, 1.807) is 7.11 Å². The molecule has 0 saturated heterocycles.